The van der Waals surface area contributed by atoms with Crippen LogP contribution < -0.4 is 19.1 Å². The van der Waals surface area contributed by atoms with Gasteiger partial charge in [0.2, 0.25) is 5.13 Å². The number of aliphatic hydroxyl groups excluding tert-OH is 1. The molecule has 1 amide bonds. The van der Waals surface area contributed by atoms with Gasteiger partial charge in [-0.05, 0) is 69.2 Å². The van der Waals surface area contributed by atoms with Crippen molar-refractivity contribution in [3.63, 3.8) is 0 Å². The van der Waals surface area contributed by atoms with Gasteiger partial charge >= 0.3 is 5.91 Å². The Hall–Kier alpha value is -3.92. The maximum absolute atomic E-state index is 13.4. The number of hydrogen-bond acceptors (Lipinski definition) is 9. The number of carbonyl (C=O) groups is 2. The van der Waals surface area contributed by atoms with E-state index in [1.807, 2.05) is 13.8 Å². The largest absolute Gasteiger partial charge is 0.507 e. The van der Waals surface area contributed by atoms with Gasteiger partial charge in [0.15, 0.2) is 11.5 Å². The Morgan fingerprint density at radius 2 is 1.71 bits per heavy atom. The number of rotatable bonds is 11. The number of benzene rings is 2. The van der Waals surface area contributed by atoms with Gasteiger partial charge in [-0.2, -0.15) is 0 Å². The summed E-state index contributed by atoms with van der Waals surface area (Å²) in [6, 6.07) is 11.0. The lowest BCUT2D eigenvalue weighted by molar-refractivity contribution is -0.132. The predicted octanol–water partition coefficient (Wildman–Crippen LogP) is 5.45. The van der Waals surface area contributed by atoms with Crippen LogP contribution in [0.1, 0.15) is 55.8 Å². The molecule has 1 aromatic heterocycles. The van der Waals surface area contributed by atoms with Crippen molar-refractivity contribution in [3.8, 4) is 17.2 Å². The minimum absolute atomic E-state index is 0.0471. The molecule has 0 spiro atoms. The Balaban J connectivity index is 1.85. The van der Waals surface area contributed by atoms with E-state index < -0.39 is 17.7 Å². The van der Waals surface area contributed by atoms with Gasteiger partial charge in [-0.15, -0.1) is 10.2 Å². The van der Waals surface area contributed by atoms with Crippen LogP contribution >= 0.6 is 11.3 Å². The molecular formula is C28H31N3O6S. The van der Waals surface area contributed by atoms with Crippen molar-refractivity contribution in [1.29, 1.82) is 0 Å². The summed E-state index contributed by atoms with van der Waals surface area (Å²) in [6.07, 6.45) is 1.88. The number of Topliss-reactive ketones (excluding diaryl/α,β-unsaturated/α-hetero) is 1. The molecule has 1 unspecified atom stereocenters. The number of ketones is 1. The molecule has 3 aromatic rings. The second-order valence-corrected chi connectivity index (χ2v) is 9.73. The average Bonchev–Trinajstić information content (AvgIpc) is 3.45. The number of nitrogens with zero attached hydrogens (tertiary/aromatic N) is 3. The van der Waals surface area contributed by atoms with Crippen molar-refractivity contribution in [2.75, 3.05) is 24.7 Å². The van der Waals surface area contributed by atoms with E-state index in [-0.39, 0.29) is 16.5 Å². The third kappa shape index (κ3) is 5.50. The fraction of sp³-hybridized carbons (Fsp3) is 0.357. The van der Waals surface area contributed by atoms with E-state index in [2.05, 4.69) is 17.1 Å². The normalized spacial score (nSPS) is 16.6. The zero-order valence-electron chi connectivity index (χ0n) is 21.9. The smallest absolute Gasteiger partial charge is 0.301 e. The van der Waals surface area contributed by atoms with Gasteiger partial charge in [-0.25, -0.2) is 0 Å². The lowest BCUT2D eigenvalue weighted by atomic mass is 9.95. The molecule has 9 nitrogen and oxygen atoms in total. The number of aromatic nitrogens is 2. The lowest BCUT2D eigenvalue weighted by Gasteiger charge is -2.23. The summed E-state index contributed by atoms with van der Waals surface area (Å²) in [7, 11) is 0. The van der Waals surface area contributed by atoms with Crippen molar-refractivity contribution in [2.24, 2.45) is 0 Å². The molecule has 0 saturated carbocycles. The maximum atomic E-state index is 13.4. The van der Waals surface area contributed by atoms with Crippen molar-refractivity contribution in [3.05, 3.63) is 64.2 Å². The first-order chi connectivity index (χ1) is 18.4. The van der Waals surface area contributed by atoms with Crippen molar-refractivity contribution >= 4 is 33.9 Å². The second kappa shape index (κ2) is 12.1. The van der Waals surface area contributed by atoms with Crippen LogP contribution in [-0.2, 0) is 9.59 Å². The number of aliphatic hydroxyl groups is 1. The van der Waals surface area contributed by atoms with E-state index >= 15 is 0 Å². The highest BCUT2D eigenvalue weighted by atomic mass is 32.1. The second-order valence-electron chi connectivity index (χ2n) is 8.57. The molecule has 0 aliphatic carbocycles. The summed E-state index contributed by atoms with van der Waals surface area (Å²) < 4.78 is 17.3. The van der Waals surface area contributed by atoms with E-state index in [0.717, 1.165) is 12.8 Å². The average molecular weight is 538 g/mol. The molecule has 2 aromatic carbocycles. The summed E-state index contributed by atoms with van der Waals surface area (Å²) in [5, 5.41) is 20.4. The molecule has 1 aliphatic heterocycles. The van der Waals surface area contributed by atoms with Crippen LogP contribution in [0.2, 0.25) is 0 Å². The Morgan fingerprint density at radius 1 is 0.974 bits per heavy atom. The third-order valence-electron chi connectivity index (χ3n) is 5.94. The van der Waals surface area contributed by atoms with Crippen molar-refractivity contribution in [1.82, 2.24) is 10.2 Å². The van der Waals surface area contributed by atoms with Gasteiger partial charge in [-0.3, -0.25) is 14.5 Å². The van der Waals surface area contributed by atoms with E-state index in [0.29, 0.717) is 53.2 Å². The molecule has 1 N–H and O–H groups in total. The minimum Gasteiger partial charge on any atom is -0.507 e. The topological polar surface area (TPSA) is 111 Å². The lowest BCUT2D eigenvalue weighted by Crippen LogP contribution is -2.29. The first-order valence-corrected chi connectivity index (χ1v) is 13.4. The van der Waals surface area contributed by atoms with Crippen molar-refractivity contribution < 1.29 is 28.9 Å². The van der Waals surface area contributed by atoms with E-state index in [4.69, 9.17) is 14.2 Å². The van der Waals surface area contributed by atoms with E-state index in [1.54, 1.807) is 49.4 Å². The Morgan fingerprint density at radius 3 is 2.34 bits per heavy atom. The number of ether oxygens (including phenoxy) is 3. The molecule has 200 valence electrons. The first-order valence-electron chi connectivity index (χ1n) is 12.6. The number of anilines is 1. The number of aryl methyl sites for hydroxylation is 1. The minimum atomic E-state index is -0.946. The zero-order valence-corrected chi connectivity index (χ0v) is 22.7. The van der Waals surface area contributed by atoms with Gasteiger partial charge < -0.3 is 19.3 Å². The SMILES string of the molecule is CCCCOc1ccc(C2C(=C(O)c3ccc(OCC)cc3)C(=O)C(=O)N2c2nnc(C)s2)cc1OCC. The molecule has 1 aliphatic rings. The van der Waals surface area contributed by atoms with Crippen LogP contribution in [-0.4, -0.2) is 46.8 Å². The Kier molecular flexibility index (Phi) is 8.62. The monoisotopic (exact) mass is 537 g/mol. The van der Waals surface area contributed by atoms with Crippen LogP contribution in [0.5, 0.6) is 17.2 Å². The highest BCUT2D eigenvalue weighted by Crippen LogP contribution is 2.45. The number of hydrogen-bond donors (Lipinski definition) is 1. The van der Waals surface area contributed by atoms with E-state index in [1.165, 1.54) is 16.2 Å². The third-order valence-corrected chi connectivity index (χ3v) is 6.78. The van der Waals surface area contributed by atoms with Gasteiger partial charge in [0.25, 0.3) is 5.78 Å². The Bertz CT molecular complexity index is 1330. The summed E-state index contributed by atoms with van der Waals surface area (Å²) in [5.74, 6) is -0.206. The highest BCUT2D eigenvalue weighted by molar-refractivity contribution is 7.15. The molecule has 1 atom stereocenters. The van der Waals surface area contributed by atoms with Crippen LogP contribution in [0.15, 0.2) is 48.0 Å². The fourth-order valence-corrected chi connectivity index (χ4v) is 4.88. The van der Waals surface area contributed by atoms with Crippen LogP contribution in [0.25, 0.3) is 5.76 Å². The number of carbonyl (C=O) groups excluding carboxylic acids is 2. The van der Waals surface area contributed by atoms with Crippen molar-refractivity contribution in [2.45, 2.75) is 46.6 Å². The molecule has 0 bridgehead atoms. The summed E-state index contributed by atoms with van der Waals surface area (Å²) in [5.41, 5.74) is 0.902. The van der Waals surface area contributed by atoms with E-state index in [9.17, 15) is 14.7 Å². The standard InChI is InChI=1S/C28H31N3O6S/c1-5-8-15-37-21-14-11-19(16-22(21)36-7-3)24-23(25(32)18-9-12-20(13-10-18)35-6-2)26(33)27(34)31(24)28-30-29-17(4)38-28/h9-14,16,24,32H,5-8,15H2,1-4H3. The van der Waals surface area contributed by atoms with Gasteiger partial charge in [-0.1, -0.05) is 30.7 Å². The molecule has 38 heavy (non-hydrogen) atoms. The number of amides is 1. The van der Waals surface area contributed by atoms with Gasteiger partial charge in [0, 0.05) is 5.56 Å². The highest BCUT2D eigenvalue weighted by Gasteiger charge is 2.48. The summed E-state index contributed by atoms with van der Waals surface area (Å²) >= 11 is 1.19. The van der Waals surface area contributed by atoms with Crippen LogP contribution in [0.4, 0.5) is 5.13 Å². The molecule has 1 saturated heterocycles. The van der Waals surface area contributed by atoms with Gasteiger partial charge in [0.05, 0.1) is 31.4 Å². The number of unbranched alkanes of at least 4 members (excludes halogenated alkanes) is 1. The van der Waals surface area contributed by atoms with Gasteiger partial charge in [0.1, 0.15) is 16.5 Å². The summed E-state index contributed by atoms with van der Waals surface area (Å²) in [4.78, 5) is 28.0. The molecule has 1 fully saturated rings. The molecule has 4 rings (SSSR count). The molecule has 0 radical (unpaired) electrons. The summed E-state index contributed by atoms with van der Waals surface area (Å²) in [6.45, 7) is 9.02. The van der Waals surface area contributed by atoms with Crippen LogP contribution in [0.3, 0.4) is 0 Å². The zero-order chi connectivity index (χ0) is 27.2. The molecule has 2 heterocycles. The quantitative estimate of drug-likeness (QED) is 0.149. The fourth-order valence-electron chi connectivity index (χ4n) is 4.17. The Labute approximate surface area is 225 Å². The first kappa shape index (κ1) is 27.1. The molecular weight excluding hydrogens is 506 g/mol. The molecule has 10 heteroatoms. The van der Waals surface area contributed by atoms with Crippen LogP contribution in [0, 0.1) is 6.92 Å². The predicted molar refractivity (Wildman–Crippen MR) is 145 cm³/mol. The maximum Gasteiger partial charge on any atom is 0.301 e.